The number of amides is 1. The van der Waals surface area contributed by atoms with Crippen molar-refractivity contribution >= 4 is 17.6 Å². The van der Waals surface area contributed by atoms with E-state index in [1.165, 1.54) is 7.11 Å². The number of benzene rings is 2. The molecule has 1 saturated heterocycles. The van der Waals surface area contributed by atoms with Crippen LogP contribution in [0.1, 0.15) is 30.4 Å². The molecule has 0 N–H and O–H groups in total. The zero-order valence-corrected chi connectivity index (χ0v) is 17.5. The Bertz CT molecular complexity index is 989. The highest BCUT2D eigenvalue weighted by atomic mass is 16.5. The van der Waals surface area contributed by atoms with Crippen molar-refractivity contribution in [1.82, 2.24) is 0 Å². The Labute approximate surface area is 175 Å². The lowest BCUT2D eigenvalue weighted by Crippen LogP contribution is -2.62. The van der Waals surface area contributed by atoms with Crippen LogP contribution in [0.5, 0.6) is 11.5 Å². The Morgan fingerprint density at radius 2 is 1.87 bits per heavy atom. The Hall–Kier alpha value is -3.06. The molecule has 4 rings (SSSR count). The van der Waals surface area contributed by atoms with Crippen molar-refractivity contribution in [2.75, 3.05) is 26.2 Å². The predicted octanol–water partition coefficient (Wildman–Crippen LogP) is 3.26. The Morgan fingerprint density at radius 3 is 2.57 bits per heavy atom. The minimum atomic E-state index is -1.03. The molecule has 0 bridgehead atoms. The minimum Gasteiger partial charge on any atom is -0.493 e. The Balaban J connectivity index is 1.87. The van der Waals surface area contributed by atoms with Gasteiger partial charge in [-0.1, -0.05) is 30.3 Å². The van der Waals surface area contributed by atoms with Gasteiger partial charge in [0.15, 0.2) is 11.5 Å². The highest BCUT2D eigenvalue weighted by Crippen LogP contribution is 2.51. The van der Waals surface area contributed by atoms with Crippen molar-refractivity contribution < 1.29 is 28.5 Å². The van der Waals surface area contributed by atoms with Crippen LogP contribution >= 0.6 is 0 Å². The maximum absolute atomic E-state index is 13.7. The molecule has 1 fully saturated rings. The molecular formula is C23H25NO6. The fraction of sp³-hybridized carbons (Fsp3) is 0.391. The minimum absolute atomic E-state index is 0.349. The smallest absolute Gasteiger partial charge is 0.318 e. The summed E-state index contributed by atoms with van der Waals surface area (Å²) in [5, 5.41) is 0. The molecule has 2 aromatic carbocycles. The van der Waals surface area contributed by atoms with Crippen LogP contribution in [0.2, 0.25) is 0 Å². The number of fused-ring (bicyclic) bond motifs is 3. The molecule has 7 nitrogen and oxygen atoms in total. The number of methoxy groups -OCH3 is 3. The number of carbonyl (C=O) groups is 2. The molecule has 2 aromatic rings. The maximum atomic E-state index is 13.7. The molecule has 158 valence electrons. The first kappa shape index (κ1) is 20.2. The normalized spacial score (nSPS) is 25.2. The molecule has 2 aliphatic heterocycles. The molecule has 1 amide bonds. The largest absolute Gasteiger partial charge is 0.493 e. The van der Waals surface area contributed by atoms with E-state index >= 15 is 0 Å². The van der Waals surface area contributed by atoms with Crippen molar-refractivity contribution in [3.8, 4) is 11.5 Å². The van der Waals surface area contributed by atoms with Crippen LogP contribution in [0.15, 0.2) is 42.5 Å². The van der Waals surface area contributed by atoms with Gasteiger partial charge < -0.3 is 18.9 Å². The van der Waals surface area contributed by atoms with Gasteiger partial charge in [-0.25, -0.2) is 0 Å². The molecule has 2 heterocycles. The van der Waals surface area contributed by atoms with Crippen molar-refractivity contribution in [3.63, 3.8) is 0 Å². The summed E-state index contributed by atoms with van der Waals surface area (Å²) >= 11 is 0. The second-order valence-electron chi connectivity index (χ2n) is 7.66. The number of esters is 1. The topological polar surface area (TPSA) is 74.3 Å². The van der Waals surface area contributed by atoms with Crippen LogP contribution in [0.25, 0.3) is 0 Å². The predicted molar refractivity (Wildman–Crippen MR) is 110 cm³/mol. The monoisotopic (exact) mass is 411 g/mol. The van der Waals surface area contributed by atoms with E-state index in [0.717, 1.165) is 11.3 Å². The SMILES string of the molecule is COC(=O)[C@H]1C(=O)N2c3ccccc3CO[C@]2(C)C[C@@H]1c1cccc(OC)c1OC. The lowest BCUT2D eigenvalue weighted by atomic mass is 9.74. The molecular weight excluding hydrogens is 386 g/mol. The standard InChI is InChI=1S/C23H25NO6/c1-23-12-16(15-9-7-11-18(27-2)20(15)28-3)19(22(26)29-4)21(25)24(23)17-10-6-5-8-14(17)13-30-23/h5-11,16,19H,12-13H2,1-4H3/t16-,19-,23-/m1/s1. The summed E-state index contributed by atoms with van der Waals surface area (Å²) in [6, 6.07) is 13.0. The summed E-state index contributed by atoms with van der Waals surface area (Å²) in [7, 11) is 4.39. The van der Waals surface area contributed by atoms with E-state index in [1.54, 1.807) is 25.2 Å². The van der Waals surface area contributed by atoms with E-state index in [-0.39, 0.29) is 5.91 Å². The quantitative estimate of drug-likeness (QED) is 0.568. The van der Waals surface area contributed by atoms with Gasteiger partial charge in [-0.15, -0.1) is 0 Å². The number of hydrogen-bond acceptors (Lipinski definition) is 6. The number of carbonyl (C=O) groups excluding carboxylic acids is 2. The van der Waals surface area contributed by atoms with E-state index in [0.29, 0.717) is 30.1 Å². The number of rotatable bonds is 4. The third-order valence-corrected chi connectivity index (χ3v) is 6.02. The molecule has 0 spiro atoms. The fourth-order valence-electron chi connectivity index (χ4n) is 4.63. The molecule has 3 atom stereocenters. The summed E-state index contributed by atoms with van der Waals surface area (Å²) in [5.74, 6) is -1.42. The summed E-state index contributed by atoms with van der Waals surface area (Å²) in [6.07, 6.45) is 0.399. The second-order valence-corrected chi connectivity index (χ2v) is 7.66. The van der Waals surface area contributed by atoms with E-state index in [2.05, 4.69) is 0 Å². The molecule has 0 radical (unpaired) electrons. The highest BCUT2D eigenvalue weighted by molar-refractivity contribution is 6.09. The van der Waals surface area contributed by atoms with Gasteiger partial charge >= 0.3 is 5.97 Å². The molecule has 0 unspecified atom stereocenters. The average Bonchev–Trinajstić information content (AvgIpc) is 2.77. The first-order chi connectivity index (χ1) is 14.4. The maximum Gasteiger partial charge on any atom is 0.318 e. The van der Waals surface area contributed by atoms with Gasteiger partial charge in [0.05, 0.1) is 33.6 Å². The number of piperidine rings is 1. The van der Waals surface area contributed by atoms with Gasteiger partial charge in [-0.3, -0.25) is 14.5 Å². The van der Waals surface area contributed by atoms with Crippen molar-refractivity contribution in [3.05, 3.63) is 53.6 Å². The number of nitrogens with zero attached hydrogens (tertiary/aromatic N) is 1. The molecule has 0 aromatic heterocycles. The van der Waals surface area contributed by atoms with Gasteiger partial charge in [-0.05, 0) is 19.1 Å². The third kappa shape index (κ3) is 3.01. The lowest BCUT2D eigenvalue weighted by molar-refractivity contribution is -0.159. The number of ether oxygens (including phenoxy) is 4. The Morgan fingerprint density at radius 1 is 1.10 bits per heavy atom. The van der Waals surface area contributed by atoms with E-state index in [1.807, 2.05) is 43.3 Å². The second kappa shape index (κ2) is 7.65. The van der Waals surface area contributed by atoms with Crippen molar-refractivity contribution in [1.29, 1.82) is 0 Å². The number of para-hydroxylation sites is 2. The number of anilines is 1. The van der Waals surface area contributed by atoms with Crippen LogP contribution in [-0.2, 0) is 25.7 Å². The molecule has 0 aliphatic carbocycles. The van der Waals surface area contributed by atoms with E-state index in [9.17, 15) is 9.59 Å². The van der Waals surface area contributed by atoms with Gasteiger partial charge in [0.2, 0.25) is 5.91 Å². The zero-order chi connectivity index (χ0) is 21.5. The summed E-state index contributed by atoms with van der Waals surface area (Å²) in [6.45, 7) is 2.27. The zero-order valence-electron chi connectivity index (χ0n) is 17.5. The molecule has 2 aliphatic rings. The first-order valence-electron chi connectivity index (χ1n) is 9.80. The van der Waals surface area contributed by atoms with Gasteiger partial charge in [0.1, 0.15) is 11.6 Å². The van der Waals surface area contributed by atoms with Crippen molar-refractivity contribution in [2.24, 2.45) is 5.92 Å². The van der Waals surface area contributed by atoms with Gasteiger partial charge in [-0.2, -0.15) is 0 Å². The van der Waals surface area contributed by atoms with Crippen LogP contribution < -0.4 is 14.4 Å². The van der Waals surface area contributed by atoms with Crippen LogP contribution in [-0.4, -0.2) is 38.9 Å². The molecule has 30 heavy (non-hydrogen) atoms. The van der Waals surface area contributed by atoms with Gasteiger partial charge in [0, 0.05) is 23.5 Å². The fourth-order valence-corrected chi connectivity index (χ4v) is 4.63. The van der Waals surface area contributed by atoms with Crippen molar-refractivity contribution in [2.45, 2.75) is 31.6 Å². The van der Waals surface area contributed by atoms with E-state index in [4.69, 9.17) is 18.9 Å². The van der Waals surface area contributed by atoms with Gasteiger partial charge in [0.25, 0.3) is 0 Å². The average molecular weight is 411 g/mol. The third-order valence-electron chi connectivity index (χ3n) is 6.02. The van der Waals surface area contributed by atoms with E-state index < -0.39 is 23.5 Å². The van der Waals surface area contributed by atoms with Crippen LogP contribution in [0.4, 0.5) is 5.69 Å². The lowest BCUT2D eigenvalue weighted by Gasteiger charge is -2.52. The highest BCUT2D eigenvalue weighted by Gasteiger charge is 2.55. The summed E-state index contributed by atoms with van der Waals surface area (Å²) in [5.41, 5.74) is 1.48. The summed E-state index contributed by atoms with van der Waals surface area (Å²) < 4.78 is 22.3. The summed E-state index contributed by atoms with van der Waals surface area (Å²) in [4.78, 5) is 28.2. The first-order valence-corrected chi connectivity index (χ1v) is 9.80. The molecule has 0 saturated carbocycles. The van der Waals surface area contributed by atoms with Crippen LogP contribution in [0.3, 0.4) is 0 Å². The van der Waals surface area contributed by atoms with Crippen LogP contribution in [0, 0.1) is 5.92 Å². The molecule has 7 heteroatoms. The Kier molecular flexibility index (Phi) is 5.15. The number of hydrogen-bond donors (Lipinski definition) is 0.